The highest BCUT2D eigenvalue weighted by atomic mass is 35.5. The van der Waals surface area contributed by atoms with E-state index in [1.807, 2.05) is 49.4 Å². The summed E-state index contributed by atoms with van der Waals surface area (Å²) in [7, 11) is 0. The van der Waals surface area contributed by atoms with Gasteiger partial charge in [0.25, 0.3) is 5.91 Å². The third kappa shape index (κ3) is 4.09. The minimum Gasteiger partial charge on any atom is -0.486 e. The third-order valence-electron chi connectivity index (χ3n) is 4.12. The van der Waals surface area contributed by atoms with Gasteiger partial charge in [0.2, 0.25) is 0 Å². The lowest BCUT2D eigenvalue weighted by molar-refractivity contribution is 0.0991. The van der Waals surface area contributed by atoms with Gasteiger partial charge >= 0.3 is 0 Å². The summed E-state index contributed by atoms with van der Waals surface area (Å²) in [6, 6.07) is 15.2. The van der Waals surface area contributed by atoms with Crippen LogP contribution in [0.4, 0.5) is 8.78 Å². The van der Waals surface area contributed by atoms with Crippen molar-refractivity contribution in [2.24, 2.45) is 5.73 Å². The van der Waals surface area contributed by atoms with Gasteiger partial charge in [-0.15, -0.1) is 0 Å². The molecule has 6 heteroatoms. The van der Waals surface area contributed by atoms with E-state index in [1.165, 1.54) is 0 Å². The first-order valence-electron chi connectivity index (χ1n) is 8.13. The fraction of sp³-hybridized carbons (Fsp3) is 0.0952. The maximum atomic E-state index is 14.2. The second kappa shape index (κ2) is 7.76. The Morgan fingerprint density at radius 3 is 2.59 bits per heavy atom. The summed E-state index contributed by atoms with van der Waals surface area (Å²) in [6.45, 7) is 2.00. The lowest BCUT2D eigenvalue weighted by Crippen LogP contribution is -2.16. The molecule has 0 unspecified atom stereocenters. The quantitative estimate of drug-likeness (QED) is 0.648. The molecule has 1 amide bonds. The van der Waals surface area contributed by atoms with Crippen LogP contribution in [0, 0.1) is 18.6 Å². The first-order valence-corrected chi connectivity index (χ1v) is 8.50. The number of aryl methyl sites for hydroxylation is 1. The summed E-state index contributed by atoms with van der Waals surface area (Å²) in [5, 5.41) is 0.660. The number of benzene rings is 3. The summed E-state index contributed by atoms with van der Waals surface area (Å²) in [6.07, 6.45) is 0. The molecular formula is C21H16ClF2NO2. The molecule has 0 radical (unpaired) electrons. The molecule has 0 bridgehead atoms. The van der Waals surface area contributed by atoms with Crippen molar-refractivity contribution in [1.82, 2.24) is 0 Å². The maximum Gasteiger partial charge on any atom is 0.254 e. The summed E-state index contributed by atoms with van der Waals surface area (Å²) in [4.78, 5) is 11.2. The monoisotopic (exact) mass is 387 g/mol. The van der Waals surface area contributed by atoms with Crippen LogP contribution >= 0.6 is 11.6 Å². The van der Waals surface area contributed by atoms with Crippen molar-refractivity contribution in [2.75, 3.05) is 0 Å². The van der Waals surface area contributed by atoms with Crippen LogP contribution in [0.1, 0.15) is 21.5 Å². The minimum absolute atomic E-state index is 0.0429. The van der Waals surface area contributed by atoms with Crippen molar-refractivity contribution in [1.29, 1.82) is 0 Å². The predicted octanol–water partition coefficient (Wildman–Crippen LogP) is 5.27. The number of carbonyl (C=O) groups excluding carboxylic acids is 1. The van der Waals surface area contributed by atoms with E-state index in [9.17, 15) is 13.6 Å². The molecule has 138 valence electrons. The zero-order chi connectivity index (χ0) is 19.6. The van der Waals surface area contributed by atoms with Crippen molar-refractivity contribution in [2.45, 2.75) is 13.5 Å². The molecule has 0 heterocycles. The van der Waals surface area contributed by atoms with E-state index in [4.69, 9.17) is 22.1 Å². The fourth-order valence-corrected chi connectivity index (χ4v) is 3.04. The Labute approximate surface area is 160 Å². The average molecular weight is 388 g/mol. The van der Waals surface area contributed by atoms with Crippen LogP contribution in [-0.4, -0.2) is 5.91 Å². The van der Waals surface area contributed by atoms with Gasteiger partial charge in [0.15, 0.2) is 11.6 Å². The lowest BCUT2D eigenvalue weighted by Gasteiger charge is -2.12. The number of halogens is 3. The molecule has 3 aromatic rings. The zero-order valence-electron chi connectivity index (χ0n) is 14.4. The van der Waals surface area contributed by atoms with Crippen LogP contribution in [0.15, 0.2) is 54.6 Å². The molecule has 0 saturated carbocycles. The largest absolute Gasteiger partial charge is 0.486 e. The molecule has 0 aromatic heterocycles. The molecule has 2 N–H and O–H groups in total. The number of hydrogen-bond donors (Lipinski definition) is 1. The van der Waals surface area contributed by atoms with Crippen molar-refractivity contribution in [3.8, 4) is 16.9 Å². The summed E-state index contributed by atoms with van der Waals surface area (Å²) >= 11 is 6.00. The highest BCUT2D eigenvalue weighted by molar-refractivity contribution is 6.30. The smallest absolute Gasteiger partial charge is 0.254 e. The van der Waals surface area contributed by atoms with Gasteiger partial charge in [-0.25, -0.2) is 8.78 Å². The third-order valence-corrected chi connectivity index (χ3v) is 4.36. The van der Waals surface area contributed by atoms with Crippen molar-refractivity contribution in [3.05, 3.63) is 87.9 Å². The number of ether oxygens (including phenoxy) is 1. The predicted molar refractivity (Wildman–Crippen MR) is 101 cm³/mol. The molecule has 0 spiro atoms. The van der Waals surface area contributed by atoms with Crippen molar-refractivity contribution >= 4 is 17.5 Å². The van der Waals surface area contributed by atoms with Gasteiger partial charge in [-0.05, 0) is 59.5 Å². The molecule has 27 heavy (non-hydrogen) atoms. The fourth-order valence-electron chi connectivity index (χ4n) is 2.81. The average Bonchev–Trinajstić information content (AvgIpc) is 2.61. The topological polar surface area (TPSA) is 52.3 Å². The van der Waals surface area contributed by atoms with E-state index in [2.05, 4.69) is 0 Å². The zero-order valence-corrected chi connectivity index (χ0v) is 15.2. The Balaban J connectivity index is 1.84. The van der Waals surface area contributed by atoms with Gasteiger partial charge < -0.3 is 10.5 Å². The van der Waals surface area contributed by atoms with Crippen LogP contribution < -0.4 is 10.5 Å². The van der Waals surface area contributed by atoms with Gasteiger partial charge in [-0.2, -0.15) is 0 Å². The van der Waals surface area contributed by atoms with E-state index in [1.54, 1.807) is 0 Å². The van der Waals surface area contributed by atoms with E-state index in [0.29, 0.717) is 5.02 Å². The molecule has 0 aliphatic rings. The normalized spacial score (nSPS) is 10.7. The summed E-state index contributed by atoms with van der Waals surface area (Å²) < 4.78 is 33.2. The Morgan fingerprint density at radius 2 is 1.89 bits per heavy atom. The Morgan fingerprint density at radius 1 is 1.11 bits per heavy atom. The summed E-state index contributed by atoms with van der Waals surface area (Å²) in [5.41, 5.74) is 8.00. The molecule has 3 aromatic carbocycles. The van der Waals surface area contributed by atoms with Crippen LogP contribution in [0.2, 0.25) is 5.02 Å². The Hall–Kier alpha value is -2.92. The SMILES string of the molecule is Cc1cc(Cl)ccc1-c1cccc(COc2ccc(F)c(C(N)=O)c2F)c1. The highest BCUT2D eigenvalue weighted by Crippen LogP contribution is 2.28. The van der Waals surface area contributed by atoms with Crippen molar-refractivity contribution in [3.63, 3.8) is 0 Å². The number of hydrogen-bond acceptors (Lipinski definition) is 2. The van der Waals surface area contributed by atoms with E-state index >= 15 is 0 Å². The van der Waals surface area contributed by atoms with Gasteiger partial charge in [0.05, 0.1) is 0 Å². The number of amides is 1. The minimum atomic E-state index is -1.18. The van der Waals surface area contributed by atoms with Crippen LogP contribution in [0.3, 0.4) is 0 Å². The maximum absolute atomic E-state index is 14.2. The van der Waals surface area contributed by atoms with Crippen LogP contribution in [0.25, 0.3) is 11.1 Å². The molecule has 3 rings (SSSR count). The molecule has 0 aliphatic heterocycles. The molecule has 3 nitrogen and oxygen atoms in total. The van der Waals surface area contributed by atoms with E-state index in [0.717, 1.165) is 34.4 Å². The van der Waals surface area contributed by atoms with Crippen molar-refractivity contribution < 1.29 is 18.3 Å². The second-order valence-electron chi connectivity index (χ2n) is 6.05. The van der Waals surface area contributed by atoms with E-state index in [-0.39, 0.29) is 12.4 Å². The van der Waals surface area contributed by atoms with Crippen LogP contribution in [-0.2, 0) is 6.61 Å². The number of primary amides is 1. The number of rotatable bonds is 5. The second-order valence-corrected chi connectivity index (χ2v) is 6.48. The molecule has 0 saturated heterocycles. The van der Waals surface area contributed by atoms with E-state index < -0.39 is 23.1 Å². The highest BCUT2D eigenvalue weighted by Gasteiger charge is 2.19. The molecule has 0 atom stereocenters. The number of carbonyl (C=O) groups is 1. The first-order chi connectivity index (χ1) is 12.9. The molecule has 0 aliphatic carbocycles. The van der Waals surface area contributed by atoms with Gasteiger partial charge in [0, 0.05) is 5.02 Å². The summed E-state index contributed by atoms with van der Waals surface area (Å²) in [5.74, 6) is -3.55. The van der Waals surface area contributed by atoms with Crippen LogP contribution in [0.5, 0.6) is 5.75 Å². The van der Waals surface area contributed by atoms with Gasteiger partial charge in [-0.3, -0.25) is 4.79 Å². The van der Waals surface area contributed by atoms with Gasteiger partial charge in [-0.1, -0.05) is 35.9 Å². The Bertz CT molecular complexity index is 1020. The van der Waals surface area contributed by atoms with Gasteiger partial charge in [0.1, 0.15) is 18.0 Å². The first kappa shape index (κ1) is 18.9. The number of nitrogens with two attached hydrogens (primary N) is 1. The molecule has 0 fully saturated rings. The Kier molecular flexibility index (Phi) is 5.42. The molecular weight excluding hydrogens is 372 g/mol. The lowest BCUT2D eigenvalue weighted by atomic mass is 9.99. The standard InChI is InChI=1S/C21H16ClF2NO2/c1-12-9-15(22)5-6-16(12)14-4-2-3-13(10-14)11-27-18-8-7-17(23)19(20(18)24)21(25)26/h2-10H,11H2,1H3,(H2,25,26).